The number of nitro groups is 1. The van der Waals surface area contributed by atoms with Crippen LogP contribution in [0.15, 0.2) is 66.0 Å². The van der Waals surface area contributed by atoms with Crippen LogP contribution >= 0.6 is 11.6 Å². The number of carbonyl (C=O) groups excluding carboxylic acids is 1. The van der Waals surface area contributed by atoms with Gasteiger partial charge < -0.3 is 4.57 Å². The van der Waals surface area contributed by atoms with Crippen molar-refractivity contribution in [3.63, 3.8) is 0 Å². The standard InChI is InChI=1S/C18H14ClN5O3/c1-23-10-9-20-17(23)16(13-3-2-4-15(11-13)24(26)27)21-22-18(25)12-5-7-14(19)8-6-12/h2-11H,1H3,(H,22,25)/b21-16-. The van der Waals surface area contributed by atoms with Crippen molar-refractivity contribution >= 4 is 28.9 Å². The van der Waals surface area contributed by atoms with Crippen molar-refractivity contribution in [3.8, 4) is 0 Å². The van der Waals surface area contributed by atoms with Gasteiger partial charge in [-0.3, -0.25) is 14.9 Å². The number of nitrogens with one attached hydrogen (secondary N) is 1. The molecule has 0 radical (unpaired) electrons. The molecule has 1 aromatic heterocycles. The Hall–Kier alpha value is -3.52. The van der Waals surface area contributed by atoms with E-state index in [2.05, 4.69) is 15.5 Å². The molecule has 3 aromatic rings. The molecule has 2 aromatic carbocycles. The third-order valence-electron chi connectivity index (χ3n) is 3.74. The second-order valence-corrected chi connectivity index (χ2v) is 6.01. The third kappa shape index (κ3) is 4.18. The van der Waals surface area contributed by atoms with Crippen molar-refractivity contribution in [2.45, 2.75) is 0 Å². The molecule has 0 bridgehead atoms. The molecule has 9 heteroatoms. The number of hydrogen-bond donors (Lipinski definition) is 1. The summed E-state index contributed by atoms with van der Waals surface area (Å²) in [6.07, 6.45) is 3.28. The van der Waals surface area contributed by atoms with Gasteiger partial charge in [0, 0.05) is 47.7 Å². The van der Waals surface area contributed by atoms with E-state index in [1.807, 2.05) is 0 Å². The van der Waals surface area contributed by atoms with Gasteiger partial charge in [0.1, 0.15) is 5.71 Å². The molecule has 1 amide bonds. The summed E-state index contributed by atoms with van der Waals surface area (Å²) in [5, 5.41) is 15.8. The Bertz CT molecular complexity index is 1030. The topological polar surface area (TPSA) is 102 Å². The summed E-state index contributed by atoms with van der Waals surface area (Å²) in [4.78, 5) is 27.1. The molecule has 0 aliphatic rings. The molecular weight excluding hydrogens is 370 g/mol. The third-order valence-corrected chi connectivity index (χ3v) is 3.99. The Morgan fingerprint density at radius 1 is 1.22 bits per heavy atom. The molecule has 0 saturated carbocycles. The maximum atomic E-state index is 12.3. The number of carbonyl (C=O) groups is 1. The number of rotatable bonds is 5. The predicted octanol–water partition coefficient (Wildman–Crippen LogP) is 3.16. The molecule has 0 fully saturated rings. The molecule has 0 atom stereocenters. The number of aromatic nitrogens is 2. The lowest BCUT2D eigenvalue weighted by Crippen LogP contribution is -2.22. The van der Waals surface area contributed by atoms with Gasteiger partial charge >= 0.3 is 0 Å². The van der Waals surface area contributed by atoms with E-state index >= 15 is 0 Å². The molecule has 0 saturated heterocycles. The van der Waals surface area contributed by atoms with E-state index < -0.39 is 10.8 Å². The molecule has 0 spiro atoms. The fourth-order valence-electron chi connectivity index (χ4n) is 2.38. The van der Waals surface area contributed by atoms with E-state index in [4.69, 9.17) is 11.6 Å². The van der Waals surface area contributed by atoms with Crippen molar-refractivity contribution < 1.29 is 9.72 Å². The average molecular weight is 384 g/mol. The van der Waals surface area contributed by atoms with E-state index in [0.29, 0.717) is 27.7 Å². The summed E-state index contributed by atoms with van der Waals surface area (Å²) in [6, 6.07) is 12.3. The monoisotopic (exact) mass is 383 g/mol. The first-order valence-corrected chi connectivity index (χ1v) is 8.19. The molecule has 136 valence electrons. The molecular formula is C18H14ClN5O3. The van der Waals surface area contributed by atoms with Crippen molar-refractivity contribution in [2.24, 2.45) is 12.1 Å². The number of nitrogens with zero attached hydrogens (tertiary/aromatic N) is 4. The van der Waals surface area contributed by atoms with Gasteiger partial charge in [-0.05, 0) is 24.3 Å². The highest BCUT2D eigenvalue weighted by Gasteiger charge is 2.16. The Labute approximate surface area is 159 Å². The molecule has 8 nitrogen and oxygen atoms in total. The molecule has 0 unspecified atom stereocenters. The molecule has 27 heavy (non-hydrogen) atoms. The van der Waals surface area contributed by atoms with E-state index in [1.165, 1.54) is 12.1 Å². The maximum Gasteiger partial charge on any atom is 0.271 e. The summed E-state index contributed by atoms with van der Waals surface area (Å²) in [7, 11) is 1.76. The van der Waals surface area contributed by atoms with Gasteiger partial charge in [0.15, 0.2) is 5.82 Å². The summed E-state index contributed by atoms with van der Waals surface area (Å²) in [5.74, 6) is 0.00992. The number of aryl methyl sites for hydroxylation is 1. The number of hydrazone groups is 1. The largest absolute Gasteiger partial charge is 0.333 e. The van der Waals surface area contributed by atoms with Crippen LogP contribution in [0.25, 0.3) is 0 Å². The van der Waals surface area contributed by atoms with Gasteiger partial charge in [0.2, 0.25) is 0 Å². The second-order valence-electron chi connectivity index (χ2n) is 5.58. The van der Waals surface area contributed by atoms with Gasteiger partial charge in [0.25, 0.3) is 11.6 Å². The zero-order valence-electron chi connectivity index (χ0n) is 14.2. The lowest BCUT2D eigenvalue weighted by atomic mass is 10.1. The fourth-order valence-corrected chi connectivity index (χ4v) is 2.50. The van der Waals surface area contributed by atoms with Gasteiger partial charge in [-0.1, -0.05) is 23.7 Å². The minimum atomic E-state index is -0.494. The summed E-state index contributed by atoms with van der Waals surface area (Å²) in [6.45, 7) is 0. The van der Waals surface area contributed by atoms with Crippen molar-refractivity contribution in [2.75, 3.05) is 0 Å². The number of nitro benzene ring substituents is 1. The minimum absolute atomic E-state index is 0.0848. The number of benzene rings is 2. The number of non-ortho nitro benzene ring substituents is 1. The van der Waals surface area contributed by atoms with E-state index in [-0.39, 0.29) is 5.69 Å². The van der Waals surface area contributed by atoms with Gasteiger partial charge in [-0.25, -0.2) is 10.4 Å². The van der Waals surface area contributed by atoms with Crippen molar-refractivity contribution in [1.29, 1.82) is 0 Å². The van der Waals surface area contributed by atoms with E-state index in [1.54, 1.807) is 60.4 Å². The van der Waals surface area contributed by atoms with Gasteiger partial charge in [0.05, 0.1) is 4.92 Å². The molecule has 1 heterocycles. The van der Waals surface area contributed by atoms with Crippen LogP contribution in [0.1, 0.15) is 21.7 Å². The Balaban J connectivity index is 1.98. The number of imidazole rings is 1. The van der Waals surface area contributed by atoms with Crippen LogP contribution in [0.3, 0.4) is 0 Å². The normalized spacial score (nSPS) is 11.3. The zero-order valence-corrected chi connectivity index (χ0v) is 14.9. The van der Waals surface area contributed by atoms with Crippen LogP contribution in [-0.4, -0.2) is 26.1 Å². The maximum absolute atomic E-state index is 12.3. The van der Waals surface area contributed by atoms with Crippen LogP contribution in [0, 0.1) is 10.1 Å². The Kier molecular flexibility index (Phi) is 5.28. The summed E-state index contributed by atoms with van der Waals surface area (Å²) < 4.78 is 1.70. The zero-order chi connectivity index (χ0) is 19.4. The summed E-state index contributed by atoms with van der Waals surface area (Å²) in [5.41, 5.74) is 3.51. The Morgan fingerprint density at radius 3 is 2.59 bits per heavy atom. The number of hydrogen-bond acceptors (Lipinski definition) is 5. The minimum Gasteiger partial charge on any atom is -0.333 e. The number of amides is 1. The van der Waals surface area contributed by atoms with Crippen LogP contribution in [-0.2, 0) is 7.05 Å². The van der Waals surface area contributed by atoms with Crippen LogP contribution in [0.2, 0.25) is 5.02 Å². The molecule has 1 N–H and O–H groups in total. The molecule has 0 aliphatic heterocycles. The molecule has 3 rings (SSSR count). The highest BCUT2D eigenvalue weighted by atomic mass is 35.5. The quantitative estimate of drug-likeness (QED) is 0.415. The van der Waals surface area contributed by atoms with Crippen LogP contribution in [0.5, 0.6) is 0 Å². The molecule has 0 aliphatic carbocycles. The smallest absolute Gasteiger partial charge is 0.271 e. The fraction of sp³-hybridized carbons (Fsp3) is 0.0556. The number of halogens is 1. The first kappa shape index (κ1) is 18.3. The SMILES string of the molecule is Cn1ccnc1/C(=N\NC(=O)c1ccc(Cl)cc1)c1cccc([N+](=O)[O-])c1. The van der Waals surface area contributed by atoms with E-state index in [0.717, 1.165) is 0 Å². The lowest BCUT2D eigenvalue weighted by molar-refractivity contribution is -0.384. The average Bonchev–Trinajstić information content (AvgIpc) is 3.08. The second kappa shape index (κ2) is 7.79. The van der Waals surface area contributed by atoms with Gasteiger partial charge in [-0.2, -0.15) is 5.10 Å². The van der Waals surface area contributed by atoms with Crippen molar-refractivity contribution in [3.05, 3.63) is 93.0 Å². The highest BCUT2D eigenvalue weighted by molar-refractivity contribution is 6.30. The Morgan fingerprint density at radius 2 is 1.96 bits per heavy atom. The van der Waals surface area contributed by atoms with Gasteiger partial charge in [-0.15, -0.1) is 0 Å². The van der Waals surface area contributed by atoms with Crippen LogP contribution < -0.4 is 5.43 Å². The first-order chi connectivity index (χ1) is 13.0. The predicted molar refractivity (Wildman–Crippen MR) is 101 cm³/mol. The first-order valence-electron chi connectivity index (χ1n) is 7.82. The summed E-state index contributed by atoms with van der Waals surface area (Å²) >= 11 is 5.82. The van der Waals surface area contributed by atoms with Crippen LogP contribution in [0.4, 0.5) is 5.69 Å². The highest BCUT2D eigenvalue weighted by Crippen LogP contribution is 2.17. The van der Waals surface area contributed by atoms with E-state index in [9.17, 15) is 14.9 Å². The van der Waals surface area contributed by atoms with Crippen molar-refractivity contribution in [1.82, 2.24) is 15.0 Å². The lowest BCUT2D eigenvalue weighted by Gasteiger charge is -2.08.